The molecule has 23 heavy (non-hydrogen) atoms. The van der Waals surface area contributed by atoms with Crippen LogP contribution in [0.5, 0.6) is 0 Å². The molecule has 0 aliphatic rings. The maximum atomic E-state index is 12.6. The zero-order valence-corrected chi connectivity index (χ0v) is 13.5. The molecule has 0 aliphatic heterocycles. The van der Waals surface area contributed by atoms with Gasteiger partial charge in [0.2, 0.25) is 0 Å². The second-order valence-electron chi connectivity index (χ2n) is 5.32. The van der Waals surface area contributed by atoms with Gasteiger partial charge in [-0.05, 0) is 49.2 Å². The molecule has 2 aromatic carbocycles. The summed E-state index contributed by atoms with van der Waals surface area (Å²) in [4.78, 5) is 0.847. The van der Waals surface area contributed by atoms with Gasteiger partial charge in [-0.1, -0.05) is 36.8 Å². The fraction of sp³-hybridized carbons (Fsp3) is 0.333. The van der Waals surface area contributed by atoms with Crippen molar-refractivity contribution in [2.45, 2.75) is 35.6 Å². The standard InChI is InChI=1S/C18H20F3NS/c19-18(20,21)15-9-11-16(12-10-15)23-17(8-4-5-13-22)14-6-2-1-3-7-14/h1-3,6-7,9-12,17H,4-5,8,13,22H2. The van der Waals surface area contributed by atoms with E-state index >= 15 is 0 Å². The lowest BCUT2D eigenvalue weighted by atomic mass is 10.1. The minimum Gasteiger partial charge on any atom is -0.330 e. The number of alkyl halides is 3. The molecule has 124 valence electrons. The van der Waals surface area contributed by atoms with E-state index in [4.69, 9.17) is 5.73 Å². The summed E-state index contributed by atoms with van der Waals surface area (Å²) >= 11 is 1.60. The average Bonchev–Trinajstić information content (AvgIpc) is 2.54. The Labute approximate surface area is 139 Å². The maximum absolute atomic E-state index is 12.6. The Morgan fingerprint density at radius 1 is 0.913 bits per heavy atom. The van der Waals surface area contributed by atoms with E-state index in [1.54, 1.807) is 23.9 Å². The number of unbranched alkanes of at least 4 members (excludes halogenated alkanes) is 1. The van der Waals surface area contributed by atoms with Crippen LogP contribution in [-0.2, 0) is 6.18 Å². The van der Waals surface area contributed by atoms with Crippen LogP contribution in [0.4, 0.5) is 13.2 Å². The molecule has 2 aromatic rings. The van der Waals surface area contributed by atoms with Crippen LogP contribution in [0.25, 0.3) is 0 Å². The van der Waals surface area contributed by atoms with E-state index in [9.17, 15) is 13.2 Å². The van der Waals surface area contributed by atoms with Crippen LogP contribution >= 0.6 is 11.8 Å². The van der Waals surface area contributed by atoms with Gasteiger partial charge in [0, 0.05) is 10.1 Å². The maximum Gasteiger partial charge on any atom is 0.416 e. The van der Waals surface area contributed by atoms with E-state index in [1.807, 2.05) is 18.2 Å². The van der Waals surface area contributed by atoms with Gasteiger partial charge in [0.05, 0.1) is 5.56 Å². The molecule has 0 heterocycles. The highest BCUT2D eigenvalue weighted by Gasteiger charge is 2.30. The third kappa shape index (κ3) is 5.59. The molecule has 1 atom stereocenters. The molecular formula is C18H20F3NS. The molecule has 0 spiro atoms. The summed E-state index contributed by atoms with van der Waals surface area (Å²) in [6.07, 6.45) is -1.38. The van der Waals surface area contributed by atoms with Crippen molar-refractivity contribution in [3.8, 4) is 0 Å². The van der Waals surface area contributed by atoms with Gasteiger partial charge < -0.3 is 5.73 Å². The van der Waals surface area contributed by atoms with Gasteiger partial charge in [0.15, 0.2) is 0 Å². The van der Waals surface area contributed by atoms with Gasteiger partial charge in [-0.25, -0.2) is 0 Å². The molecule has 5 heteroatoms. The van der Waals surface area contributed by atoms with Crippen molar-refractivity contribution in [1.82, 2.24) is 0 Å². The molecule has 0 aliphatic carbocycles. The van der Waals surface area contributed by atoms with Gasteiger partial charge in [0.25, 0.3) is 0 Å². The summed E-state index contributed by atoms with van der Waals surface area (Å²) in [6.45, 7) is 0.659. The largest absolute Gasteiger partial charge is 0.416 e. The van der Waals surface area contributed by atoms with E-state index < -0.39 is 11.7 Å². The van der Waals surface area contributed by atoms with Crippen LogP contribution in [0, 0.1) is 0 Å². The molecule has 0 saturated carbocycles. The van der Waals surface area contributed by atoms with Crippen LogP contribution in [0.1, 0.15) is 35.6 Å². The van der Waals surface area contributed by atoms with Crippen LogP contribution in [0.15, 0.2) is 59.5 Å². The lowest BCUT2D eigenvalue weighted by molar-refractivity contribution is -0.137. The van der Waals surface area contributed by atoms with E-state index in [0.29, 0.717) is 6.54 Å². The number of rotatable bonds is 7. The minimum atomic E-state index is -4.29. The minimum absolute atomic E-state index is 0.222. The number of nitrogens with two attached hydrogens (primary N) is 1. The van der Waals surface area contributed by atoms with Crippen molar-refractivity contribution in [1.29, 1.82) is 0 Å². The summed E-state index contributed by atoms with van der Waals surface area (Å²) in [5, 5.41) is 0.222. The molecule has 0 radical (unpaired) electrons. The molecular weight excluding hydrogens is 319 g/mol. The van der Waals surface area contributed by atoms with Gasteiger partial charge in [-0.15, -0.1) is 11.8 Å². The van der Waals surface area contributed by atoms with E-state index in [-0.39, 0.29) is 5.25 Å². The molecule has 2 rings (SSSR count). The third-order valence-corrected chi connectivity index (χ3v) is 4.89. The first-order valence-corrected chi connectivity index (χ1v) is 8.47. The summed E-state index contributed by atoms with van der Waals surface area (Å²) < 4.78 is 37.9. The van der Waals surface area contributed by atoms with Crippen molar-refractivity contribution in [2.24, 2.45) is 5.73 Å². The Morgan fingerprint density at radius 3 is 2.13 bits per heavy atom. The number of halogens is 3. The second kappa shape index (κ2) is 8.41. The Balaban J connectivity index is 2.10. The Kier molecular flexibility index (Phi) is 6.54. The van der Waals surface area contributed by atoms with Crippen LogP contribution in [0.2, 0.25) is 0 Å². The fourth-order valence-electron chi connectivity index (χ4n) is 2.32. The zero-order valence-electron chi connectivity index (χ0n) is 12.7. The van der Waals surface area contributed by atoms with Crippen molar-refractivity contribution in [3.63, 3.8) is 0 Å². The second-order valence-corrected chi connectivity index (χ2v) is 6.60. The third-order valence-electron chi connectivity index (χ3n) is 3.55. The average molecular weight is 339 g/mol. The van der Waals surface area contributed by atoms with Crippen molar-refractivity contribution < 1.29 is 13.2 Å². The summed E-state index contributed by atoms with van der Waals surface area (Å²) in [7, 11) is 0. The van der Waals surface area contributed by atoms with Gasteiger partial charge in [-0.3, -0.25) is 0 Å². The number of hydrogen-bond acceptors (Lipinski definition) is 2. The van der Waals surface area contributed by atoms with E-state index in [1.165, 1.54) is 5.56 Å². The van der Waals surface area contributed by atoms with E-state index in [0.717, 1.165) is 36.3 Å². The summed E-state index contributed by atoms with van der Waals surface area (Å²) in [5.74, 6) is 0. The topological polar surface area (TPSA) is 26.0 Å². The van der Waals surface area contributed by atoms with Crippen LogP contribution in [0.3, 0.4) is 0 Å². The Morgan fingerprint density at radius 2 is 1.57 bits per heavy atom. The monoisotopic (exact) mass is 339 g/mol. The zero-order chi connectivity index (χ0) is 16.7. The number of benzene rings is 2. The number of thioether (sulfide) groups is 1. The van der Waals surface area contributed by atoms with Crippen molar-refractivity contribution in [3.05, 3.63) is 65.7 Å². The Bertz CT molecular complexity index is 581. The first kappa shape index (κ1) is 17.9. The smallest absolute Gasteiger partial charge is 0.330 e. The van der Waals surface area contributed by atoms with Crippen LogP contribution in [-0.4, -0.2) is 6.54 Å². The first-order chi connectivity index (χ1) is 11.0. The molecule has 0 amide bonds. The predicted octanol–water partition coefficient (Wildman–Crippen LogP) is 5.67. The lowest BCUT2D eigenvalue weighted by Gasteiger charge is -2.17. The molecule has 1 nitrogen and oxygen atoms in total. The van der Waals surface area contributed by atoms with Gasteiger partial charge >= 0.3 is 6.18 Å². The van der Waals surface area contributed by atoms with Crippen molar-refractivity contribution >= 4 is 11.8 Å². The molecule has 0 aromatic heterocycles. The number of hydrogen-bond donors (Lipinski definition) is 1. The molecule has 0 saturated heterocycles. The SMILES string of the molecule is NCCCCC(Sc1ccc(C(F)(F)F)cc1)c1ccccc1. The lowest BCUT2D eigenvalue weighted by Crippen LogP contribution is -2.04. The molecule has 0 fully saturated rings. The van der Waals surface area contributed by atoms with Gasteiger partial charge in [0.1, 0.15) is 0 Å². The molecule has 2 N–H and O–H groups in total. The summed E-state index contributed by atoms with van der Waals surface area (Å²) in [6, 6.07) is 15.4. The van der Waals surface area contributed by atoms with Crippen LogP contribution < -0.4 is 5.73 Å². The first-order valence-electron chi connectivity index (χ1n) is 7.59. The fourth-order valence-corrected chi connectivity index (χ4v) is 3.52. The highest BCUT2D eigenvalue weighted by Crippen LogP contribution is 2.39. The molecule has 0 bridgehead atoms. The summed E-state index contributed by atoms with van der Waals surface area (Å²) in [5.41, 5.74) is 6.13. The van der Waals surface area contributed by atoms with Gasteiger partial charge in [-0.2, -0.15) is 13.2 Å². The normalized spacial score (nSPS) is 13.0. The molecule has 1 unspecified atom stereocenters. The Hall–Kier alpha value is -1.46. The highest BCUT2D eigenvalue weighted by atomic mass is 32.2. The predicted molar refractivity (Wildman–Crippen MR) is 89.4 cm³/mol. The van der Waals surface area contributed by atoms with E-state index in [2.05, 4.69) is 12.1 Å². The van der Waals surface area contributed by atoms with Crippen molar-refractivity contribution in [2.75, 3.05) is 6.54 Å². The quantitative estimate of drug-likeness (QED) is 0.520. The highest BCUT2D eigenvalue weighted by molar-refractivity contribution is 7.99.